The summed E-state index contributed by atoms with van der Waals surface area (Å²) in [6.45, 7) is 2.02. The van der Waals surface area contributed by atoms with Crippen LogP contribution in [0.15, 0.2) is 78.9 Å². The van der Waals surface area contributed by atoms with E-state index in [1.165, 1.54) is 0 Å². The average molecular weight is 402 g/mol. The van der Waals surface area contributed by atoms with Gasteiger partial charge in [0.25, 0.3) is 11.8 Å². The van der Waals surface area contributed by atoms with Crippen molar-refractivity contribution >= 4 is 17.5 Å². The molecule has 30 heavy (non-hydrogen) atoms. The van der Waals surface area contributed by atoms with E-state index in [-0.39, 0.29) is 24.5 Å². The maximum atomic E-state index is 12.9. The SMILES string of the molecule is C[C@H](NC(=O)c1ccccc1NC(=O)[C@H]1COc2ccccc2O1)c1ccccc1. The molecule has 3 aromatic rings. The molecule has 0 spiro atoms. The van der Waals surface area contributed by atoms with Gasteiger partial charge in [-0.15, -0.1) is 0 Å². The summed E-state index contributed by atoms with van der Waals surface area (Å²) in [7, 11) is 0. The first kappa shape index (κ1) is 19.5. The van der Waals surface area contributed by atoms with Crippen LogP contribution < -0.4 is 20.1 Å². The molecule has 0 aliphatic carbocycles. The molecule has 0 saturated heterocycles. The Morgan fingerprint density at radius 1 is 0.900 bits per heavy atom. The van der Waals surface area contributed by atoms with E-state index in [4.69, 9.17) is 9.47 Å². The van der Waals surface area contributed by atoms with Gasteiger partial charge in [-0.05, 0) is 36.8 Å². The molecule has 0 aromatic heterocycles. The van der Waals surface area contributed by atoms with Gasteiger partial charge in [0.05, 0.1) is 17.3 Å². The second-order valence-electron chi connectivity index (χ2n) is 7.00. The Morgan fingerprint density at radius 3 is 2.37 bits per heavy atom. The highest BCUT2D eigenvalue weighted by Crippen LogP contribution is 2.31. The molecule has 2 N–H and O–H groups in total. The number of anilines is 1. The summed E-state index contributed by atoms with van der Waals surface area (Å²) in [6.07, 6.45) is -0.806. The fourth-order valence-electron chi connectivity index (χ4n) is 3.25. The lowest BCUT2D eigenvalue weighted by atomic mass is 10.1. The Balaban J connectivity index is 1.45. The third-order valence-corrected chi connectivity index (χ3v) is 4.88. The molecule has 2 amide bonds. The van der Waals surface area contributed by atoms with Crippen LogP contribution in [-0.4, -0.2) is 24.5 Å². The summed E-state index contributed by atoms with van der Waals surface area (Å²) < 4.78 is 11.4. The third kappa shape index (κ3) is 4.27. The van der Waals surface area contributed by atoms with Crippen molar-refractivity contribution in [1.29, 1.82) is 0 Å². The van der Waals surface area contributed by atoms with Crippen LogP contribution >= 0.6 is 0 Å². The van der Waals surface area contributed by atoms with E-state index < -0.39 is 6.10 Å². The average Bonchev–Trinajstić information content (AvgIpc) is 2.79. The van der Waals surface area contributed by atoms with E-state index in [2.05, 4.69) is 10.6 Å². The lowest BCUT2D eigenvalue weighted by Gasteiger charge is -2.26. The van der Waals surface area contributed by atoms with Gasteiger partial charge < -0.3 is 20.1 Å². The molecule has 6 nitrogen and oxygen atoms in total. The maximum Gasteiger partial charge on any atom is 0.269 e. The Morgan fingerprint density at radius 2 is 1.57 bits per heavy atom. The Kier molecular flexibility index (Phi) is 5.66. The van der Waals surface area contributed by atoms with Gasteiger partial charge in [0, 0.05) is 0 Å². The van der Waals surface area contributed by atoms with E-state index in [0.717, 1.165) is 5.56 Å². The molecule has 1 aliphatic heterocycles. The number of rotatable bonds is 5. The van der Waals surface area contributed by atoms with Gasteiger partial charge in [0.15, 0.2) is 11.5 Å². The van der Waals surface area contributed by atoms with Crippen molar-refractivity contribution in [2.75, 3.05) is 11.9 Å². The van der Waals surface area contributed by atoms with Crippen LogP contribution in [0.4, 0.5) is 5.69 Å². The molecule has 152 valence electrons. The summed E-state index contributed by atoms with van der Waals surface area (Å²) in [5.74, 6) is 0.483. The van der Waals surface area contributed by atoms with Gasteiger partial charge in [-0.25, -0.2) is 0 Å². The van der Waals surface area contributed by atoms with Crippen molar-refractivity contribution < 1.29 is 19.1 Å². The predicted octanol–water partition coefficient (Wildman–Crippen LogP) is 3.96. The van der Waals surface area contributed by atoms with Gasteiger partial charge in [-0.1, -0.05) is 54.6 Å². The zero-order chi connectivity index (χ0) is 20.9. The number of nitrogens with one attached hydrogen (secondary N) is 2. The summed E-state index contributed by atoms with van der Waals surface area (Å²) in [6, 6.07) is 23.6. The molecule has 1 heterocycles. The fraction of sp³-hybridized carbons (Fsp3) is 0.167. The van der Waals surface area contributed by atoms with Gasteiger partial charge in [0.2, 0.25) is 6.10 Å². The van der Waals surface area contributed by atoms with Crippen molar-refractivity contribution in [3.05, 3.63) is 90.0 Å². The van der Waals surface area contributed by atoms with Gasteiger partial charge in [-0.2, -0.15) is 0 Å². The van der Waals surface area contributed by atoms with Crippen LogP contribution in [0.3, 0.4) is 0 Å². The standard InChI is InChI=1S/C24H22N2O4/c1-16(17-9-3-2-4-10-17)25-23(27)18-11-5-6-12-19(18)26-24(28)22-15-29-20-13-7-8-14-21(20)30-22/h2-14,16,22H,15H2,1H3,(H,25,27)(H,26,28)/t16-,22+/m0/s1. The highest BCUT2D eigenvalue weighted by atomic mass is 16.6. The number of ether oxygens (including phenoxy) is 2. The molecule has 4 rings (SSSR count). The molecule has 6 heteroatoms. The summed E-state index contributed by atoms with van der Waals surface area (Å²) in [4.78, 5) is 25.6. The Labute approximate surface area is 174 Å². The quantitative estimate of drug-likeness (QED) is 0.677. The lowest BCUT2D eigenvalue weighted by molar-refractivity contribution is -0.125. The second kappa shape index (κ2) is 8.69. The molecular weight excluding hydrogens is 380 g/mol. The van der Waals surface area contributed by atoms with Gasteiger partial charge in [0.1, 0.15) is 6.61 Å². The minimum absolute atomic E-state index is 0.0995. The summed E-state index contributed by atoms with van der Waals surface area (Å²) in [5, 5.41) is 5.77. The molecule has 0 radical (unpaired) electrons. The first-order valence-corrected chi connectivity index (χ1v) is 9.76. The number of fused-ring (bicyclic) bond motifs is 1. The van der Waals surface area contributed by atoms with Gasteiger partial charge in [-0.3, -0.25) is 9.59 Å². The maximum absolute atomic E-state index is 12.9. The van der Waals surface area contributed by atoms with Crippen molar-refractivity contribution in [3.8, 4) is 11.5 Å². The number of carbonyl (C=O) groups excluding carboxylic acids is 2. The number of amides is 2. The van der Waals surface area contributed by atoms with E-state index in [1.54, 1.807) is 36.4 Å². The lowest BCUT2D eigenvalue weighted by Crippen LogP contribution is -2.40. The monoisotopic (exact) mass is 402 g/mol. The van der Waals surface area contributed by atoms with Crippen molar-refractivity contribution in [2.45, 2.75) is 19.1 Å². The molecule has 0 saturated carbocycles. The van der Waals surface area contributed by atoms with Crippen molar-refractivity contribution in [1.82, 2.24) is 5.32 Å². The molecule has 1 aliphatic rings. The Bertz CT molecular complexity index is 1050. The predicted molar refractivity (Wildman–Crippen MR) is 114 cm³/mol. The van der Waals surface area contributed by atoms with E-state index in [9.17, 15) is 9.59 Å². The number of hydrogen-bond donors (Lipinski definition) is 2. The normalized spacial score (nSPS) is 15.7. The first-order chi connectivity index (χ1) is 14.6. The molecule has 0 fully saturated rings. The van der Waals surface area contributed by atoms with Crippen molar-refractivity contribution in [3.63, 3.8) is 0 Å². The van der Waals surface area contributed by atoms with Crippen LogP contribution in [0.25, 0.3) is 0 Å². The summed E-state index contributed by atoms with van der Waals surface area (Å²) in [5.41, 5.74) is 1.80. The zero-order valence-corrected chi connectivity index (χ0v) is 16.5. The first-order valence-electron chi connectivity index (χ1n) is 9.76. The van der Waals surface area contributed by atoms with Crippen LogP contribution in [-0.2, 0) is 4.79 Å². The van der Waals surface area contributed by atoms with E-state index >= 15 is 0 Å². The Hall–Kier alpha value is -3.80. The van der Waals surface area contributed by atoms with Crippen LogP contribution in [0.5, 0.6) is 11.5 Å². The third-order valence-electron chi connectivity index (χ3n) is 4.88. The number of para-hydroxylation sites is 3. The number of benzene rings is 3. The highest BCUT2D eigenvalue weighted by Gasteiger charge is 2.28. The van der Waals surface area contributed by atoms with E-state index in [1.807, 2.05) is 49.4 Å². The largest absolute Gasteiger partial charge is 0.485 e. The molecule has 0 unspecified atom stereocenters. The minimum Gasteiger partial charge on any atom is -0.485 e. The van der Waals surface area contributed by atoms with Crippen LogP contribution in [0, 0.1) is 0 Å². The smallest absolute Gasteiger partial charge is 0.269 e. The molecule has 0 bridgehead atoms. The van der Waals surface area contributed by atoms with Crippen LogP contribution in [0.1, 0.15) is 28.9 Å². The zero-order valence-electron chi connectivity index (χ0n) is 16.5. The topological polar surface area (TPSA) is 76.7 Å². The van der Waals surface area contributed by atoms with Crippen molar-refractivity contribution in [2.24, 2.45) is 0 Å². The second-order valence-corrected chi connectivity index (χ2v) is 7.00. The minimum atomic E-state index is -0.806. The van der Waals surface area contributed by atoms with Crippen LogP contribution in [0.2, 0.25) is 0 Å². The number of hydrogen-bond acceptors (Lipinski definition) is 4. The highest BCUT2D eigenvalue weighted by molar-refractivity contribution is 6.04. The number of carbonyl (C=O) groups is 2. The fourth-order valence-corrected chi connectivity index (χ4v) is 3.25. The molecule has 3 aromatic carbocycles. The summed E-state index contributed by atoms with van der Waals surface area (Å²) >= 11 is 0. The van der Waals surface area contributed by atoms with Gasteiger partial charge >= 0.3 is 0 Å². The molecular formula is C24H22N2O4. The molecule has 2 atom stereocenters. The van der Waals surface area contributed by atoms with E-state index in [0.29, 0.717) is 22.7 Å².